The number of hydrogen-bond acceptors (Lipinski definition) is 5. The maximum atomic E-state index is 13.7. The van der Waals surface area contributed by atoms with Crippen LogP contribution in [-0.4, -0.2) is 55.1 Å². The molecule has 0 radical (unpaired) electrons. The van der Waals surface area contributed by atoms with Crippen LogP contribution in [0.15, 0.2) is 35.8 Å². The second kappa shape index (κ2) is 9.65. The van der Waals surface area contributed by atoms with Crippen LogP contribution in [0.4, 0.5) is 13.6 Å². The molecule has 0 unspecified atom stereocenters. The van der Waals surface area contributed by atoms with Crippen molar-refractivity contribution < 1.29 is 23.5 Å². The van der Waals surface area contributed by atoms with E-state index in [2.05, 4.69) is 15.6 Å². The average molecular weight is 478 g/mol. The van der Waals surface area contributed by atoms with E-state index in [0.29, 0.717) is 10.4 Å². The molecule has 0 bridgehead atoms. The van der Waals surface area contributed by atoms with E-state index in [1.807, 2.05) is 0 Å². The highest BCUT2D eigenvalue weighted by molar-refractivity contribution is 7.12. The van der Waals surface area contributed by atoms with Crippen LogP contribution in [0, 0.1) is 11.6 Å². The molecule has 1 aromatic carbocycles. The second-order valence-corrected chi connectivity index (χ2v) is 9.54. The van der Waals surface area contributed by atoms with Gasteiger partial charge in [-0.2, -0.15) is 0 Å². The molecule has 3 aromatic rings. The monoisotopic (exact) mass is 477 g/mol. The van der Waals surface area contributed by atoms with Gasteiger partial charge in [-0.1, -0.05) is 11.3 Å². The first-order valence-electron chi connectivity index (χ1n) is 10.1. The van der Waals surface area contributed by atoms with Crippen LogP contribution in [-0.2, 0) is 13.5 Å². The number of thiophene rings is 1. The Morgan fingerprint density at radius 1 is 1.24 bits per heavy atom. The number of benzene rings is 1. The summed E-state index contributed by atoms with van der Waals surface area (Å²) >= 11 is 1.23. The minimum atomic E-state index is -1.14. The summed E-state index contributed by atoms with van der Waals surface area (Å²) in [6.07, 6.45) is 0.560. The van der Waals surface area contributed by atoms with Gasteiger partial charge >= 0.3 is 6.09 Å². The molecule has 0 aliphatic carbocycles. The Bertz CT molecular complexity index is 1160. The maximum Gasteiger partial charge on any atom is 0.407 e. The van der Waals surface area contributed by atoms with Crippen LogP contribution in [0.25, 0.3) is 11.3 Å². The summed E-state index contributed by atoms with van der Waals surface area (Å²) in [6, 6.07) is 4.50. The number of carbonyl (C=O) groups is 2. The molecule has 1 atom stereocenters. The Kier molecular flexibility index (Phi) is 7.11. The van der Waals surface area contributed by atoms with Crippen LogP contribution >= 0.6 is 11.3 Å². The molecule has 0 saturated carbocycles. The van der Waals surface area contributed by atoms with E-state index in [9.17, 15) is 23.5 Å². The Hall–Kier alpha value is -3.34. The fraction of sp³-hybridized carbons (Fsp3) is 0.364. The van der Waals surface area contributed by atoms with Gasteiger partial charge in [-0.25, -0.2) is 18.3 Å². The van der Waals surface area contributed by atoms with E-state index < -0.39 is 35.2 Å². The molecule has 11 heteroatoms. The molecule has 8 nitrogen and oxygen atoms in total. The van der Waals surface area contributed by atoms with Crippen LogP contribution in [0.3, 0.4) is 0 Å². The largest absolute Gasteiger partial charge is 0.465 e. The molecule has 176 valence electrons. The number of nitrogens with zero attached hydrogens (tertiary/aromatic N) is 4. The van der Waals surface area contributed by atoms with Gasteiger partial charge in [0.15, 0.2) is 11.6 Å². The van der Waals surface area contributed by atoms with Crippen molar-refractivity contribution in [2.75, 3.05) is 6.54 Å². The fourth-order valence-electron chi connectivity index (χ4n) is 3.37. The number of rotatable bonds is 7. The van der Waals surface area contributed by atoms with E-state index in [0.717, 1.165) is 23.4 Å². The molecule has 2 aromatic heterocycles. The van der Waals surface area contributed by atoms with Crippen LogP contribution < -0.4 is 5.32 Å². The molecular formula is C22H25F2N5O3S. The summed E-state index contributed by atoms with van der Waals surface area (Å²) in [5.74, 6) is -2.37. The molecule has 2 amide bonds. The smallest absolute Gasteiger partial charge is 0.407 e. The average Bonchev–Trinajstić information content (AvgIpc) is 3.36. The van der Waals surface area contributed by atoms with Gasteiger partial charge in [0.2, 0.25) is 0 Å². The summed E-state index contributed by atoms with van der Waals surface area (Å²) in [4.78, 5) is 26.5. The van der Waals surface area contributed by atoms with Crippen LogP contribution in [0.2, 0.25) is 0 Å². The highest BCUT2D eigenvalue weighted by Gasteiger charge is 2.30. The van der Waals surface area contributed by atoms with Crippen molar-refractivity contribution in [1.82, 2.24) is 25.2 Å². The van der Waals surface area contributed by atoms with Gasteiger partial charge < -0.3 is 15.3 Å². The quantitative estimate of drug-likeness (QED) is 0.537. The van der Waals surface area contributed by atoms with Crippen LogP contribution in [0.5, 0.6) is 0 Å². The van der Waals surface area contributed by atoms with Gasteiger partial charge in [0.1, 0.15) is 0 Å². The van der Waals surface area contributed by atoms with Crippen molar-refractivity contribution >= 4 is 23.3 Å². The molecule has 2 heterocycles. The van der Waals surface area contributed by atoms with Gasteiger partial charge in [-0.3, -0.25) is 4.79 Å². The highest BCUT2D eigenvalue weighted by Crippen LogP contribution is 2.25. The lowest BCUT2D eigenvalue weighted by Crippen LogP contribution is -2.53. The van der Waals surface area contributed by atoms with Crippen LogP contribution in [0.1, 0.15) is 36.0 Å². The van der Waals surface area contributed by atoms with Gasteiger partial charge in [0, 0.05) is 30.1 Å². The number of halogens is 2. The standard InChI is InChI=1S/C22H25F2N5O3S/c1-22(2,3)29(21(31)32)11-15(7-13-5-6-16(23)17(24)8-13)26-20(30)19-9-14(12-33-19)18-10-25-27-28(18)4/h5-6,8-10,12,15H,7,11H2,1-4H3,(H,26,30)(H,31,32)/t15-/m0/s1. The van der Waals surface area contributed by atoms with Crippen molar-refractivity contribution in [3.63, 3.8) is 0 Å². The minimum absolute atomic E-state index is 0.0343. The lowest BCUT2D eigenvalue weighted by molar-refractivity contribution is 0.0824. The SMILES string of the molecule is Cn1nncc1-c1csc(C(=O)N[C@@H](Cc2ccc(F)c(F)c2)CN(C(=O)O)C(C)(C)C)c1. The predicted octanol–water partition coefficient (Wildman–Crippen LogP) is 3.94. The van der Waals surface area contributed by atoms with Crippen molar-refractivity contribution in [3.8, 4) is 11.3 Å². The molecule has 3 rings (SSSR count). The molecule has 0 saturated heterocycles. The van der Waals surface area contributed by atoms with Gasteiger partial charge in [0.25, 0.3) is 5.91 Å². The van der Waals surface area contributed by atoms with E-state index in [1.54, 1.807) is 50.1 Å². The number of amides is 2. The predicted molar refractivity (Wildman–Crippen MR) is 120 cm³/mol. The van der Waals surface area contributed by atoms with Crippen molar-refractivity contribution in [1.29, 1.82) is 0 Å². The summed E-state index contributed by atoms with van der Waals surface area (Å²) in [7, 11) is 1.74. The Labute approximate surface area is 193 Å². The molecule has 33 heavy (non-hydrogen) atoms. The summed E-state index contributed by atoms with van der Waals surface area (Å²) in [5.41, 5.74) is 1.22. The van der Waals surface area contributed by atoms with Gasteiger partial charge in [0.05, 0.1) is 22.8 Å². The van der Waals surface area contributed by atoms with E-state index in [4.69, 9.17) is 0 Å². The third-order valence-corrected chi connectivity index (χ3v) is 6.01. The molecule has 0 fully saturated rings. The lowest BCUT2D eigenvalue weighted by atomic mass is 10.0. The first kappa shape index (κ1) is 24.3. The maximum absolute atomic E-state index is 13.7. The number of carbonyl (C=O) groups excluding carboxylic acids is 1. The summed E-state index contributed by atoms with van der Waals surface area (Å²) in [5, 5.41) is 22.1. The fourth-order valence-corrected chi connectivity index (χ4v) is 4.17. The summed E-state index contributed by atoms with van der Waals surface area (Å²) < 4.78 is 28.7. The summed E-state index contributed by atoms with van der Waals surface area (Å²) in [6.45, 7) is 5.19. The van der Waals surface area contributed by atoms with E-state index in [-0.39, 0.29) is 13.0 Å². The molecule has 2 N–H and O–H groups in total. The normalized spacial score (nSPS) is 12.4. The number of nitrogens with one attached hydrogen (secondary N) is 1. The van der Waals surface area contributed by atoms with Gasteiger partial charge in [-0.05, 0) is 51.0 Å². The number of aryl methyl sites for hydroxylation is 1. The molecule has 0 aliphatic heterocycles. The first-order valence-corrected chi connectivity index (χ1v) is 11.0. The molecule has 0 aliphatic rings. The molecule has 0 spiro atoms. The van der Waals surface area contributed by atoms with Crippen molar-refractivity contribution in [3.05, 3.63) is 57.9 Å². The number of aromatic nitrogens is 3. The molecular weight excluding hydrogens is 452 g/mol. The van der Waals surface area contributed by atoms with Crippen molar-refractivity contribution in [2.45, 2.75) is 38.8 Å². The van der Waals surface area contributed by atoms with Crippen molar-refractivity contribution in [2.24, 2.45) is 7.05 Å². The third-order valence-electron chi connectivity index (χ3n) is 5.08. The van der Waals surface area contributed by atoms with Gasteiger partial charge in [-0.15, -0.1) is 16.4 Å². The van der Waals surface area contributed by atoms with E-state index in [1.165, 1.54) is 22.3 Å². The Morgan fingerprint density at radius 2 is 1.97 bits per heavy atom. The zero-order valence-electron chi connectivity index (χ0n) is 18.7. The second-order valence-electron chi connectivity index (χ2n) is 8.63. The topological polar surface area (TPSA) is 100 Å². The zero-order chi connectivity index (χ0) is 24.3. The minimum Gasteiger partial charge on any atom is -0.465 e. The zero-order valence-corrected chi connectivity index (χ0v) is 19.5. The number of carboxylic acid groups (broad SMARTS) is 1. The third kappa shape index (κ3) is 5.92. The number of hydrogen-bond donors (Lipinski definition) is 2. The first-order chi connectivity index (χ1) is 15.5. The van der Waals surface area contributed by atoms with E-state index >= 15 is 0 Å². The highest BCUT2D eigenvalue weighted by atomic mass is 32.1. The lowest BCUT2D eigenvalue weighted by Gasteiger charge is -2.36. The Morgan fingerprint density at radius 3 is 2.55 bits per heavy atom. The Balaban J connectivity index is 1.84.